The number of alkyl halides is 1. The topological polar surface area (TPSA) is 37.3 Å². The van der Waals surface area contributed by atoms with Crippen molar-refractivity contribution < 1.29 is 9.90 Å². The van der Waals surface area contributed by atoms with Crippen molar-refractivity contribution in [1.82, 2.24) is 0 Å². The van der Waals surface area contributed by atoms with Crippen LogP contribution in [0, 0.1) is 11.8 Å². The summed E-state index contributed by atoms with van der Waals surface area (Å²) in [6, 6.07) is 0. The third-order valence-corrected chi connectivity index (χ3v) is 3.27. The largest absolute Gasteiger partial charge is 0.481 e. The van der Waals surface area contributed by atoms with Gasteiger partial charge in [-0.05, 0) is 30.1 Å². The van der Waals surface area contributed by atoms with Crippen LogP contribution in [-0.4, -0.2) is 15.5 Å². The van der Waals surface area contributed by atoms with Crippen molar-refractivity contribution in [3.8, 4) is 11.8 Å². The lowest BCUT2D eigenvalue weighted by Crippen LogP contribution is -1.93. The zero-order valence-electron chi connectivity index (χ0n) is 10.5. The smallest absolute Gasteiger partial charge is 0.303 e. The highest BCUT2D eigenvalue weighted by Gasteiger charge is 1.95. The van der Waals surface area contributed by atoms with Gasteiger partial charge in [-0.2, -0.15) is 0 Å². The minimum atomic E-state index is -0.678. The van der Waals surface area contributed by atoms with Gasteiger partial charge in [0, 0.05) is 19.3 Å². The van der Waals surface area contributed by atoms with E-state index in [2.05, 4.69) is 34.4 Å². The summed E-state index contributed by atoms with van der Waals surface area (Å²) in [5.74, 6) is 5.73. The number of carbonyl (C=O) groups is 1. The second-order valence-corrected chi connectivity index (χ2v) is 5.24. The lowest BCUT2D eigenvalue weighted by Gasteiger charge is -1.97. The number of carboxylic acid groups (broad SMARTS) is 1. The Morgan fingerprint density at radius 2 is 1.41 bits per heavy atom. The monoisotopic (exact) mass is 350 g/mol. The Bertz CT molecular complexity index is 240. The van der Waals surface area contributed by atoms with Crippen molar-refractivity contribution in [1.29, 1.82) is 0 Å². The fourth-order valence-electron chi connectivity index (χ4n) is 1.50. The van der Waals surface area contributed by atoms with Gasteiger partial charge in [0.25, 0.3) is 0 Å². The Kier molecular flexibility index (Phi) is 13.6. The summed E-state index contributed by atoms with van der Waals surface area (Å²) >= 11 is 2.40. The summed E-state index contributed by atoms with van der Waals surface area (Å²) in [7, 11) is 0. The van der Waals surface area contributed by atoms with Gasteiger partial charge in [-0.15, -0.1) is 11.8 Å². The maximum Gasteiger partial charge on any atom is 0.303 e. The van der Waals surface area contributed by atoms with Crippen LogP contribution in [0.1, 0.15) is 64.2 Å². The highest BCUT2D eigenvalue weighted by atomic mass is 127. The van der Waals surface area contributed by atoms with Crippen LogP contribution in [0.15, 0.2) is 0 Å². The molecule has 17 heavy (non-hydrogen) atoms. The molecule has 0 aliphatic rings. The highest BCUT2D eigenvalue weighted by Crippen LogP contribution is 2.06. The van der Waals surface area contributed by atoms with Gasteiger partial charge in [0.1, 0.15) is 0 Å². The first-order valence-corrected chi connectivity index (χ1v) is 8.03. The Labute approximate surface area is 119 Å². The number of hydrogen-bond acceptors (Lipinski definition) is 1. The summed E-state index contributed by atoms with van der Waals surface area (Å²) < 4.78 is 1.23. The molecule has 0 aromatic heterocycles. The van der Waals surface area contributed by atoms with Gasteiger partial charge in [0.05, 0.1) is 0 Å². The van der Waals surface area contributed by atoms with Gasteiger partial charge in [0.2, 0.25) is 0 Å². The van der Waals surface area contributed by atoms with Gasteiger partial charge in [-0.1, -0.05) is 41.9 Å². The molecule has 0 bridgehead atoms. The molecule has 0 rings (SSSR count). The summed E-state index contributed by atoms with van der Waals surface area (Å²) in [5, 5.41) is 8.46. The Morgan fingerprint density at radius 3 is 2.00 bits per heavy atom. The van der Waals surface area contributed by atoms with Crippen LogP contribution in [-0.2, 0) is 4.79 Å². The Morgan fingerprint density at radius 1 is 0.882 bits per heavy atom. The molecular weight excluding hydrogens is 327 g/mol. The van der Waals surface area contributed by atoms with Crippen LogP contribution >= 0.6 is 22.6 Å². The molecule has 0 amide bonds. The lowest BCUT2D eigenvalue weighted by molar-refractivity contribution is -0.137. The maximum atomic E-state index is 10.3. The van der Waals surface area contributed by atoms with E-state index < -0.39 is 5.97 Å². The third-order valence-electron chi connectivity index (χ3n) is 2.50. The number of rotatable bonds is 10. The molecule has 0 unspecified atom stereocenters. The average Bonchev–Trinajstić information content (AvgIpc) is 2.30. The molecule has 0 aromatic rings. The number of hydrogen-bond donors (Lipinski definition) is 1. The first-order valence-electron chi connectivity index (χ1n) is 6.51. The first-order chi connectivity index (χ1) is 8.27. The predicted molar refractivity (Wildman–Crippen MR) is 80.5 cm³/mol. The van der Waals surface area contributed by atoms with Crippen LogP contribution in [0.4, 0.5) is 0 Å². The first kappa shape index (κ1) is 16.8. The third kappa shape index (κ3) is 15.8. The number of halogens is 1. The van der Waals surface area contributed by atoms with E-state index in [1.807, 2.05) is 0 Å². The van der Waals surface area contributed by atoms with Crippen molar-refractivity contribution in [2.24, 2.45) is 0 Å². The van der Waals surface area contributed by atoms with E-state index in [-0.39, 0.29) is 0 Å². The maximum absolute atomic E-state index is 10.3. The van der Waals surface area contributed by atoms with E-state index in [4.69, 9.17) is 5.11 Å². The van der Waals surface area contributed by atoms with Crippen molar-refractivity contribution in [3.05, 3.63) is 0 Å². The van der Waals surface area contributed by atoms with E-state index in [1.165, 1.54) is 23.7 Å². The second-order valence-electron chi connectivity index (χ2n) is 4.16. The van der Waals surface area contributed by atoms with Gasteiger partial charge < -0.3 is 5.11 Å². The van der Waals surface area contributed by atoms with Gasteiger partial charge >= 0.3 is 5.97 Å². The van der Waals surface area contributed by atoms with Crippen molar-refractivity contribution in [3.63, 3.8) is 0 Å². The minimum absolute atomic E-state index is 0.316. The summed E-state index contributed by atoms with van der Waals surface area (Å²) in [4.78, 5) is 10.3. The molecule has 0 heterocycles. The number of unbranched alkanes of at least 4 members (excludes halogenated alkanes) is 7. The molecule has 0 atom stereocenters. The van der Waals surface area contributed by atoms with Crippen molar-refractivity contribution in [2.75, 3.05) is 4.43 Å². The summed E-state index contributed by atoms with van der Waals surface area (Å²) in [6.45, 7) is 0. The van der Waals surface area contributed by atoms with E-state index in [1.54, 1.807) is 0 Å². The molecule has 0 spiro atoms. The molecular formula is C14H23IO2. The van der Waals surface area contributed by atoms with Crippen LogP contribution < -0.4 is 0 Å². The lowest BCUT2D eigenvalue weighted by atomic mass is 10.1. The summed E-state index contributed by atoms with van der Waals surface area (Å²) in [5.41, 5.74) is 0. The van der Waals surface area contributed by atoms with Gasteiger partial charge in [0.15, 0.2) is 0 Å². The molecule has 1 N–H and O–H groups in total. The zero-order valence-corrected chi connectivity index (χ0v) is 12.7. The quantitative estimate of drug-likeness (QED) is 0.274. The van der Waals surface area contributed by atoms with E-state index in [0.29, 0.717) is 6.42 Å². The van der Waals surface area contributed by atoms with Crippen LogP contribution in [0.25, 0.3) is 0 Å². The number of aliphatic carboxylic acids is 1. The highest BCUT2D eigenvalue weighted by molar-refractivity contribution is 14.1. The molecule has 3 heteroatoms. The Hall–Kier alpha value is -0.240. The normalized spacial score (nSPS) is 9.71. The predicted octanol–water partition coefficient (Wildman–Crippen LogP) is 4.41. The molecule has 0 radical (unpaired) electrons. The molecule has 0 aliphatic carbocycles. The van der Waals surface area contributed by atoms with Crippen molar-refractivity contribution in [2.45, 2.75) is 64.2 Å². The van der Waals surface area contributed by atoms with Crippen molar-refractivity contribution >= 4 is 28.6 Å². The van der Waals surface area contributed by atoms with Crippen LogP contribution in [0.3, 0.4) is 0 Å². The van der Waals surface area contributed by atoms with Crippen LogP contribution in [0.2, 0.25) is 0 Å². The van der Waals surface area contributed by atoms with Crippen LogP contribution in [0.5, 0.6) is 0 Å². The van der Waals surface area contributed by atoms with E-state index in [9.17, 15) is 4.79 Å². The minimum Gasteiger partial charge on any atom is -0.481 e. The van der Waals surface area contributed by atoms with E-state index in [0.717, 1.165) is 38.5 Å². The fraction of sp³-hybridized carbons (Fsp3) is 0.786. The molecule has 0 saturated heterocycles. The SMILES string of the molecule is O=C(O)CCCCCCCC#CCCCCI. The standard InChI is InChI=1S/C14H23IO2/c15-13-11-9-7-5-3-1-2-4-6-8-10-12-14(16)17/h1-2,4,6-13H2,(H,16,17). The number of carboxylic acids is 1. The zero-order chi connectivity index (χ0) is 12.8. The summed E-state index contributed by atoms with van der Waals surface area (Å²) in [6.07, 6.45) is 10.2. The second kappa shape index (κ2) is 13.8. The molecule has 0 saturated carbocycles. The fourth-order valence-corrected chi connectivity index (χ4v) is 2.04. The molecule has 0 fully saturated rings. The van der Waals surface area contributed by atoms with E-state index >= 15 is 0 Å². The van der Waals surface area contributed by atoms with Gasteiger partial charge in [-0.25, -0.2) is 0 Å². The molecule has 0 aliphatic heterocycles. The molecule has 0 aromatic carbocycles. The molecule has 2 nitrogen and oxygen atoms in total. The molecule has 98 valence electrons. The Balaban J connectivity index is 3.09. The van der Waals surface area contributed by atoms with Gasteiger partial charge in [-0.3, -0.25) is 4.79 Å². The average molecular weight is 350 g/mol.